The van der Waals surface area contributed by atoms with Crippen molar-refractivity contribution in [1.29, 1.82) is 0 Å². The van der Waals surface area contributed by atoms with E-state index in [1.165, 1.54) is 6.42 Å². The number of fused-ring (bicyclic) bond motifs is 1. The van der Waals surface area contributed by atoms with Gasteiger partial charge in [0.1, 0.15) is 0 Å². The van der Waals surface area contributed by atoms with E-state index in [1.807, 2.05) is 0 Å². The van der Waals surface area contributed by atoms with Gasteiger partial charge in [0.25, 0.3) is 0 Å². The number of carboxylic acids is 1. The second kappa shape index (κ2) is 3.29. The van der Waals surface area contributed by atoms with Gasteiger partial charge in [-0.05, 0) is 38.3 Å². The Kier molecular flexibility index (Phi) is 2.28. The van der Waals surface area contributed by atoms with Crippen molar-refractivity contribution in [2.75, 3.05) is 13.1 Å². The molecule has 3 nitrogen and oxygen atoms in total. The van der Waals surface area contributed by atoms with E-state index in [0.29, 0.717) is 5.92 Å². The van der Waals surface area contributed by atoms with Gasteiger partial charge in [-0.1, -0.05) is 12.8 Å². The van der Waals surface area contributed by atoms with Gasteiger partial charge in [-0.3, -0.25) is 4.79 Å². The molecule has 1 aliphatic carbocycles. The van der Waals surface area contributed by atoms with Crippen molar-refractivity contribution in [3.05, 3.63) is 0 Å². The summed E-state index contributed by atoms with van der Waals surface area (Å²) >= 11 is 0. The Morgan fingerprint density at radius 3 is 2.92 bits per heavy atom. The third-order valence-corrected chi connectivity index (χ3v) is 3.77. The van der Waals surface area contributed by atoms with Crippen molar-refractivity contribution in [3.8, 4) is 0 Å². The fourth-order valence-corrected chi connectivity index (χ4v) is 2.91. The molecule has 0 amide bonds. The van der Waals surface area contributed by atoms with Gasteiger partial charge in [0.2, 0.25) is 0 Å². The molecule has 3 heteroatoms. The molecule has 13 heavy (non-hydrogen) atoms. The Morgan fingerprint density at radius 2 is 2.23 bits per heavy atom. The lowest BCUT2D eigenvalue weighted by atomic mass is 9.63. The van der Waals surface area contributed by atoms with E-state index in [2.05, 4.69) is 5.32 Å². The molecule has 74 valence electrons. The van der Waals surface area contributed by atoms with E-state index < -0.39 is 5.97 Å². The minimum Gasteiger partial charge on any atom is -0.481 e. The molecule has 1 saturated heterocycles. The van der Waals surface area contributed by atoms with Gasteiger partial charge >= 0.3 is 5.97 Å². The number of carbonyl (C=O) groups is 1. The summed E-state index contributed by atoms with van der Waals surface area (Å²) in [5.74, 6) is -0.175. The average molecular weight is 183 g/mol. The normalized spacial score (nSPS) is 39.5. The highest BCUT2D eigenvalue weighted by Gasteiger charge is 2.48. The van der Waals surface area contributed by atoms with Crippen molar-refractivity contribution < 1.29 is 9.90 Å². The van der Waals surface area contributed by atoms with Gasteiger partial charge in [0.15, 0.2) is 0 Å². The summed E-state index contributed by atoms with van der Waals surface area (Å²) in [7, 11) is 0. The molecule has 2 N–H and O–H groups in total. The van der Waals surface area contributed by atoms with Crippen molar-refractivity contribution in [2.45, 2.75) is 32.1 Å². The van der Waals surface area contributed by atoms with Gasteiger partial charge in [-0.2, -0.15) is 0 Å². The molecule has 0 aromatic carbocycles. The molecule has 0 bridgehead atoms. The molecule has 1 heterocycles. The molecule has 0 spiro atoms. The van der Waals surface area contributed by atoms with Crippen LogP contribution in [0.25, 0.3) is 0 Å². The van der Waals surface area contributed by atoms with Gasteiger partial charge in [-0.15, -0.1) is 0 Å². The van der Waals surface area contributed by atoms with Crippen LogP contribution in [-0.2, 0) is 4.79 Å². The van der Waals surface area contributed by atoms with Crippen molar-refractivity contribution in [3.63, 3.8) is 0 Å². The standard InChI is InChI=1S/C10H17NO2/c12-9(13)10-4-2-1-3-8(10)7-11-6-5-10/h8,11H,1-7H2,(H,12,13). The van der Waals surface area contributed by atoms with E-state index in [-0.39, 0.29) is 5.41 Å². The van der Waals surface area contributed by atoms with Gasteiger partial charge < -0.3 is 10.4 Å². The predicted octanol–water partition coefficient (Wildman–Crippen LogP) is 1.24. The second-order valence-electron chi connectivity index (χ2n) is 4.36. The van der Waals surface area contributed by atoms with E-state index in [1.54, 1.807) is 0 Å². The van der Waals surface area contributed by atoms with Gasteiger partial charge in [-0.25, -0.2) is 0 Å². The molecule has 1 saturated carbocycles. The molecule has 2 atom stereocenters. The van der Waals surface area contributed by atoms with Crippen LogP contribution in [0.1, 0.15) is 32.1 Å². The molecule has 2 rings (SSSR count). The maximum absolute atomic E-state index is 11.3. The van der Waals surface area contributed by atoms with Crippen LogP contribution in [0.4, 0.5) is 0 Å². The second-order valence-corrected chi connectivity index (χ2v) is 4.36. The van der Waals surface area contributed by atoms with Crippen LogP contribution in [0.2, 0.25) is 0 Å². The molecule has 2 unspecified atom stereocenters. The zero-order chi connectivity index (χ0) is 9.31. The zero-order valence-electron chi connectivity index (χ0n) is 7.88. The largest absolute Gasteiger partial charge is 0.481 e. The summed E-state index contributed by atoms with van der Waals surface area (Å²) in [6, 6.07) is 0. The Labute approximate surface area is 78.5 Å². The summed E-state index contributed by atoms with van der Waals surface area (Å²) in [4.78, 5) is 11.3. The van der Waals surface area contributed by atoms with Crippen LogP contribution >= 0.6 is 0 Å². The quantitative estimate of drug-likeness (QED) is 0.643. The minimum atomic E-state index is -0.557. The number of piperidine rings is 1. The van der Waals surface area contributed by atoms with Crippen LogP contribution in [0.5, 0.6) is 0 Å². The van der Waals surface area contributed by atoms with E-state index >= 15 is 0 Å². The molecular formula is C10H17NO2. The highest BCUT2D eigenvalue weighted by atomic mass is 16.4. The lowest BCUT2D eigenvalue weighted by molar-refractivity contribution is -0.157. The molecule has 2 fully saturated rings. The Bertz CT molecular complexity index is 203. The predicted molar refractivity (Wildman–Crippen MR) is 49.5 cm³/mol. The first kappa shape index (κ1) is 9.00. The SMILES string of the molecule is O=C(O)C12CCCCC1CNCC2. The molecule has 0 aromatic heterocycles. The van der Waals surface area contributed by atoms with Crippen molar-refractivity contribution in [1.82, 2.24) is 5.32 Å². The number of carboxylic acid groups (broad SMARTS) is 1. The minimum absolute atomic E-state index is 0.372. The molecule has 1 aliphatic heterocycles. The first-order chi connectivity index (χ1) is 6.26. The van der Waals surface area contributed by atoms with Crippen LogP contribution in [0.3, 0.4) is 0 Å². The molecular weight excluding hydrogens is 166 g/mol. The topological polar surface area (TPSA) is 49.3 Å². The van der Waals surface area contributed by atoms with Crippen LogP contribution in [0, 0.1) is 11.3 Å². The smallest absolute Gasteiger partial charge is 0.310 e. The highest BCUT2D eigenvalue weighted by molar-refractivity contribution is 5.75. The summed E-state index contributed by atoms with van der Waals surface area (Å²) in [5, 5.41) is 12.6. The number of hydrogen-bond acceptors (Lipinski definition) is 2. The lowest BCUT2D eigenvalue weighted by Crippen LogP contribution is -2.51. The molecule has 0 radical (unpaired) electrons. The summed E-state index contributed by atoms with van der Waals surface area (Å²) in [6.07, 6.45) is 5.13. The Balaban J connectivity index is 2.21. The average Bonchev–Trinajstić information content (AvgIpc) is 2.17. The fraction of sp³-hybridized carbons (Fsp3) is 0.900. The third kappa shape index (κ3) is 1.35. The summed E-state index contributed by atoms with van der Waals surface area (Å²) < 4.78 is 0. The fourth-order valence-electron chi connectivity index (χ4n) is 2.91. The number of nitrogens with one attached hydrogen (secondary N) is 1. The zero-order valence-corrected chi connectivity index (χ0v) is 7.88. The summed E-state index contributed by atoms with van der Waals surface area (Å²) in [6.45, 7) is 1.79. The maximum Gasteiger partial charge on any atom is 0.310 e. The van der Waals surface area contributed by atoms with Gasteiger partial charge in [0.05, 0.1) is 5.41 Å². The lowest BCUT2D eigenvalue weighted by Gasteiger charge is -2.44. The first-order valence-electron chi connectivity index (χ1n) is 5.20. The van der Waals surface area contributed by atoms with Crippen LogP contribution in [0.15, 0.2) is 0 Å². The van der Waals surface area contributed by atoms with Crippen LogP contribution in [-0.4, -0.2) is 24.2 Å². The third-order valence-electron chi connectivity index (χ3n) is 3.77. The number of hydrogen-bond donors (Lipinski definition) is 2. The van der Waals surface area contributed by atoms with Crippen LogP contribution < -0.4 is 5.32 Å². The number of aliphatic carboxylic acids is 1. The Hall–Kier alpha value is -0.570. The molecule has 2 aliphatic rings. The van der Waals surface area contributed by atoms with Crippen molar-refractivity contribution >= 4 is 5.97 Å². The van der Waals surface area contributed by atoms with Gasteiger partial charge in [0, 0.05) is 0 Å². The van der Waals surface area contributed by atoms with Crippen molar-refractivity contribution in [2.24, 2.45) is 11.3 Å². The first-order valence-corrected chi connectivity index (χ1v) is 5.20. The van der Waals surface area contributed by atoms with E-state index in [0.717, 1.165) is 38.8 Å². The Morgan fingerprint density at radius 1 is 1.38 bits per heavy atom. The van der Waals surface area contributed by atoms with E-state index in [9.17, 15) is 9.90 Å². The molecule has 0 aromatic rings. The monoisotopic (exact) mass is 183 g/mol. The van der Waals surface area contributed by atoms with E-state index in [4.69, 9.17) is 0 Å². The number of rotatable bonds is 1. The maximum atomic E-state index is 11.3. The summed E-state index contributed by atoms with van der Waals surface area (Å²) in [5.41, 5.74) is -0.372. The highest BCUT2D eigenvalue weighted by Crippen LogP contribution is 2.45.